The molecule has 1 heterocycles. The number of hydrogen-bond acceptors (Lipinski definition) is 2. The Morgan fingerprint density at radius 2 is 2.13 bits per heavy atom. The average molecular weight is 200 g/mol. The third-order valence-electron chi connectivity index (χ3n) is 3.43. The maximum Gasteiger partial charge on any atom is 0.334 e. The van der Waals surface area contributed by atoms with Crippen molar-refractivity contribution in [2.24, 2.45) is 5.92 Å². The van der Waals surface area contributed by atoms with Gasteiger partial charge in [0.2, 0.25) is 0 Å². The van der Waals surface area contributed by atoms with Crippen LogP contribution in [0.1, 0.15) is 24.0 Å². The second-order valence-electron chi connectivity index (χ2n) is 4.22. The molecular formula is C13H12O2. The lowest BCUT2D eigenvalue weighted by molar-refractivity contribution is -0.135. The lowest BCUT2D eigenvalue weighted by Crippen LogP contribution is -2.17. The number of rotatable bonds is 0. The zero-order valence-corrected chi connectivity index (χ0v) is 8.57. The summed E-state index contributed by atoms with van der Waals surface area (Å²) in [7, 11) is 0. The van der Waals surface area contributed by atoms with Crippen molar-refractivity contribution in [2.75, 3.05) is 6.61 Å². The largest absolute Gasteiger partial charge is 0.462 e. The second kappa shape index (κ2) is 2.96. The number of fused-ring (bicyclic) bond motifs is 2. The maximum atomic E-state index is 11.5. The molecule has 15 heavy (non-hydrogen) atoms. The van der Waals surface area contributed by atoms with E-state index in [-0.39, 0.29) is 11.9 Å². The minimum atomic E-state index is -0.138. The van der Waals surface area contributed by atoms with Crippen molar-refractivity contribution in [1.29, 1.82) is 0 Å². The van der Waals surface area contributed by atoms with Crippen LogP contribution in [0.2, 0.25) is 0 Å². The van der Waals surface area contributed by atoms with E-state index in [9.17, 15) is 4.79 Å². The van der Waals surface area contributed by atoms with Gasteiger partial charge in [-0.3, -0.25) is 0 Å². The zero-order valence-electron chi connectivity index (χ0n) is 8.57. The molecule has 1 aliphatic carbocycles. The summed E-state index contributed by atoms with van der Waals surface area (Å²) in [6, 6.07) is 8.24. The van der Waals surface area contributed by atoms with Crippen LogP contribution in [-0.2, 0) is 9.53 Å². The molecule has 0 radical (unpaired) electrons. The van der Waals surface area contributed by atoms with Gasteiger partial charge in [-0.05, 0) is 23.1 Å². The number of hydrogen-bond donors (Lipinski definition) is 0. The number of benzene rings is 1. The molecule has 1 aromatic rings. The normalized spacial score (nSPS) is 27.8. The maximum absolute atomic E-state index is 11.5. The van der Waals surface area contributed by atoms with Crippen LogP contribution in [0, 0.1) is 5.92 Å². The fourth-order valence-corrected chi connectivity index (χ4v) is 2.51. The SMILES string of the molecule is C[C@H]1c2ccccc2C=C2C(=O)OC[C@@H]21. The van der Waals surface area contributed by atoms with Crippen molar-refractivity contribution < 1.29 is 9.53 Å². The lowest BCUT2D eigenvalue weighted by atomic mass is 9.77. The fourth-order valence-electron chi connectivity index (χ4n) is 2.51. The van der Waals surface area contributed by atoms with Gasteiger partial charge in [0, 0.05) is 11.5 Å². The van der Waals surface area contributed by atoms with Gasteiger partial charge in [-0.1, -0.05) is 31.2 Å². The van der Waals surface area contributed by atoms with Gasteiger partial charge in [0.15, 0.2) is 0 Å². The number of carbonyl (C=O) groups is 1. The van der Waals surface area contributed by atoms with Crippen molar-refractivity contribution in [3.05, 3.63) is 41.0 Å². The van der Waals surface area contributed by atoms with Crippen molar-refractivity contribution in [3.63, 3.8) is 0 Å². The van der Waals surface area contributed by atoms with Gasteiger partial charge >= 0.3 is 5.97 Å². The second-order valence-corrected chi connectivity index (χ2v) is 4.22. The predicted molar refractivity (Wildman–Crippen MR) is 57.3 cm³/mol. The molecule has 0 unspecified atom stereocenters. The van der Waals surface area contributed by atoms with Gasteiger partial charge in [0.1, 0.15) is 0 Å². The first kappa shape index (κ1) is 8.72. The molecule has 0 bridgehead atoms. The van der Waals surface area contributed by atoms with E-state index >= 15 is 0 Å². The Labute approximate surface area is 88.6 Å². The molecule has 76 valence electrons. The minimum absolute atomic E-state index is 0.138. The van der Waals surface area contributed by atoms with Crippen LogP contribution in [-0.4, -0.2) is 12.6 Å². The van der Waals surface area contributed by atoms with Gasteiger partial charge in [0.05, 0.1) is 6.61 Å². The molecule has 1 aliphatic heterocycles. The Balaban J connectivity index is 2.18. The molecule has 2 heteroatoms. The van der Waals surface area contributed by atoms with Crippen LogP contribution in [0.3, 0.4) is 0 Å². The average Bonchev–Trinajstić information content (AvgIpc) is 2.62. The Bertz CT molecular complexity index is 459. The van der Waals surface area contributed by atoms with E-state index in [4.69, 9.17) is 4.74 Å². The highest BCUT2D eigenvalue weighted by molar-refractivity contribution is 5.97. The van der Waals surface area contributed by atoms with Crippen LogP contribution >= 0.6 is 0 Å². The topological polar surface area (TPSA) is 26.3 Å². The number of cyclic esters (lactones) is 1. The highest BCUT2D eigenvalue weighted by Crippen LogP contribution is 2.41. The molecule has 2 atom stereocenters. The first-order valence-corrected chi connectivity index (χ1v) is 5.25. The number of carbonyl (C=O) groups excluding carboxylic acids is 1. The summed E-state index contributed by atoms with van der Waals surface area (Å²) in [5.74, 6) is 0.501. The summed E-state index contributed by atoms with van der Waals surface area (Å²) in [6.07, 6.45) is 1.98. The smallest absolute Gasteiger partial charge is 0.334 e. The molecule has 3 rings (SSSR count). The minimum Gasteiger partial charge on any atom is -0.462 e. The zero-order chi connectivity index (χ0) is 10.4. The molecule has 1 aromatic carbocycles. The Morgan fingerprint density at radius 1 is 1.33 bits per heavy atom. The van der Waals surface area contributed by atoms with Gasteiger partial charge in [-0.15, -0.1) is 0 Å². The van der Waals surface area contributed by atoms with Crippen LogP contribution < -0.4 is 0 Å². The number of ether oxygens (including phenoxy) is 1. The molecule has 0 amide bonds. The third kappa shape index (κ3) is 1.14. The molecule has 0 aromatic heterocycles. The molecule has 0 spiro atoms. The highest BCUT2D eigenvalue weighted by atomic mass is 16.5. The van der Waals surface area contributed by atoms with E-state index in [1.807, 2.05) is 18.2 Å². The van der Waals surface area contributed by atoms with E-state index in [0.29, 0.717) is 12.5 Å². The Kier molecular flexibility index (Phi) is 1.72. The van der Waals surface area contributed by atoms with Gasteiger partial charge in [0.25, 0.3) is 0 Å². The van der Waals surface area contributed by atoms with Crippen LogP contribution in [0.25, 0.3) is 6.08 Å². The van der Waals surface area contributed by atoms with Gasteiger partial charge in [-0.2, -0.15) is 0 Å². The quantitative estimate of drug-likeness (QED) is 0.601. The molecule has 2 nitrogen and oxygen atoms in total. The van der Waals surface area contributed by atoms with Gasteiger partial charge in [-0.25, -0.2) is 4.79 Å². The van der Waals surface area contributed by atoms with Crippen LogP contribution in [0.4, 0.5) is 0 Å². The molecule has 1 fully saturated rings. The first-order chi connectivity index (χ1) is 7.27. The first-order valence-electron chi connectivity index (χ1n) is 5.25. The van der Waals surface area contributed by atoms with Crippen LogP contribution in [0.15, 0.2) is 29.8 Å². The Hall–Kier alpha value is -1.57. The predicted octanol–water partition coefficient (Wildman–Crippen LogP) is 2.36. The third-order valence-corrected chi connectivity index (χ3v) is 3.43. The lowest BCUT2D eigenvalue weighted by Gasteiger charge is -2.24. The summed E-state index contributed by atoms with van der Waals surface area (Å²) in [6.45, 7) is 2.71. The van der Waals surface area contributed by atoms with Gasteiger partial charge < -0.3 is 4.74 Å². The summed E-state index contributed by atoms with van der Waals surface area (Å²) in [5, 5.41) is 0. The van der Waals surface area contributed by atoms with Crippen molar-refractivity contribution in [2.45, 2.75) is 12.8 Å². The summed E-state index contributed by atoms with van der Waals surface area (Å²) < 4.78 is 5.09. The highest BCUT2D eigenvalue weighted by Gasteiger charge is 2.38. The van der Waals surface area contributed by atoms with E-state index in [2.05, 4.69) is 19.1 Å². The Morgan fingerprint density at radius 3 is 3.00 bits per heavy atom. The standard InChI is InChI=1S/C13H12O2/c1-8-10-5-3-2-4-9(10)6-11-12(8)7-15-13(11)14/h2-6,8,12H,7H2,1H3/t8-,12+/m0/s1. The van der Waals surface area contributed by atoms with Crippen molar-refractivity contribution in [1.82, 2.24) is 0 Å². The molecule has 0 saturated carbocycles. The summed E-state index contributed by atoms with van der Waals surface area (Å²) in [4.78, 5) is 11.5. The monoisotopic (exact) mass is 200 g/mol. The van der Waals surface area contributed by atoms with E-state index in [1.165, 1.54) is 5.56 Å². The van der Waals surface area contributed by atoms with Crippen LogP contribution in [0.5, 0.6) is 0 Å². The fraction of sp³-hybridized carbons (Fsp3) is 0.308. The summed E-state index contributed by atoms with van der Waals surface area (Å²) in [5.41, 5.74) is 3.33. The van der Waals surface area contributed by atoms with E-state index < -0.39 is 0 Å². The van der Waals surface area contributed by atoms with E-state index in [0.717, 1.165) is 11.1 Å². The molecule has 2 aliphatic rings. The van der Waals surface area contributed by atoms with E-state index in [1.54, 1.807) is 0 Å². The van der Waals surface area contributed by atoms with Crippen molar-refractivity contribution in [3.8, 4) is 0 Å². The molecule has 1 saturated heterocycles. The number of esters is 1. The summed E-state index contributed by atoms with van der Waals surface area (Å²) >= 11 is 0. The molecular weight excluding hydrogens is 188 g/mol. The molecule has 0 N–H and O–H groups in total. The van der Waals surface area contributed by atoms with Crippen molar-refractivity contribution >= 4 is 12.0 Å².